The Morgan fingerprint density at radius 3 is 2.44 bits per heavy atom. The first-order chi connectivity index (χ1) is 13.2. The first kappa shape index (κ1) is 18.1. The first-order valence-corrected chi connectivity index (χ1v) is 9.73. The highest BCUT2D eigenvalue weighted by Crippen LogP contribution is 2.35. The number of piperazine rings is 1. The second-order valence-electron chi connectivity index (χ2n) is 7.53. The van der Waals surface area contributed by atoms with E-state index in [4.69, 9.17) is 0 Å². The SMILES string of the molecule is O=C(NCCc1cccc(F)c1)C1(N2CCNCC2)Cc2ccccc2C1. The van der Waals surface area contributed by atoms with Crippen molar-refractivity contribution in [3.05, 3.63) is 71.0 Å². The molecule has 2 aliphatic rings. The van der Waals surface area contributed by atoms with Crippen LogP contribution in [0.5, 0.6) is 0 Å². The number of carbonyl (C=O) groups excluding carboxylic acids is 1. The summed E-state index contributed by atoms with van der Waals surface area (Å²) in [6, 6.07) is 15.0. The minimum absolute atomic E-state index is 0.0944. The maximum Gasteiger partial charge on any atom is 0.241 e. The van der Waals surface area contributed by atoms with Crippen LogP contribution in [0.1, 0.15) is 16.7 Å². The van der Waals surface area contributed by atoms with Gasteiger partial charge in [-0.05, 0) is 35.2 Å². The van der Waals surface area contributed by atoms with Crippen LogP contribution < -0.4 is 10.6 Å². The molecule has 2 aromatic rings. The van der Waals surface area contributed by atoms with Crippen LogP contribution in [0.3, 0.4) is 0 Å². The van der Waals surface area contributed by atoms with E-state index in [1.54, 1.807) is 6.07 Å². The number of benzene rings is 2. The van der Waals surface area contributed by atoms with Gasteiger partial charge in [0.1, 0.15) is 11.4 Å². The lowest BCUT2D eigenvalue weighted by Crippen LogP contribution is -2.64. The number of carbonyl (C=O) groups is 1. The molecule has 1 saturated heterocycles. The zero-order chi connectivity index (χ0) is 18.7. The first-order valence-electron chi connectivity index (χ1n) is 9.73. The summed E-state index contributed by atoms with van der Waals surface area (Å²) in [5.41, 5.74) is 2.95. The Kier molecular flexibility index (Phi) is 5.23. The minimum atomic E-state index is -0.506. The third-order valence-electron chi connectivity index (χ3n) is 5.82. The van der Waals surface area contributed by atoms with Crippen molar-refractivity contribution < 1.29 is 9.18 Å². The van der Waals surface area contributed by atoms with Crippen molar-refractivity contribution >= 4 is 5.91 Å². The Labute approximate surface area is 159 Å². The van der Waals surface area contributed by atoms with Crippen LogP contribution in [-0.4, -0.2) is 49.1 Å². The fourth-order valence-electron chi connectivity index (χ4n) is 4.39. The van der Waals surface area contributed by atoms with E-state index in [1.165, 1.54) is 23.3 Å². The molecule has 0 unspecified atom stereocenters. The Balaban J connectivity index is 1.48. The molecule has 2 aromatic carbocycles. The predicted octanol–water partition coefficient (Wildman–Crippen LogP) is 1.93. The monoisotopic (exact) mass is 367 g/mol. The minimum Gasteiger partial charge on any atom is -0.354 e. The summed E-state index contributed by atoms with van der Waals surface area (Å²) in [5.74, 6) is -0.139. The molecule has 142 valence electrons. The smallest absolute Gasteiger partial charge is 0.241 e. The van der Waals surface area contributed by atoms with Gasteiger partial charge in [-0.1, -0.05) is 36.4 Å². The molecule has 5 heteroatoms. The average Bonchev–Trinajstić information content (AvgIpc) is 3.10. The number of amides is 1. The molecule has 1 aliphatic heterocycles. The lowest BCUT2D eigenvalue weighted by molar-refractivity contribution is -0.133. The summed E-state index contributed by atoms with van der Waals surface area (Å²) in [6.45, 7) is 4.10. The molecule has 0 radical (unpaired) electrons. The fraction of sp³-hybridized carbons (Fsp3) is 0.409. The molecule has 2 N–H and O–H groups in total. The highest BCUT2D eigenvalue weighted by molar-refractivity contribution is 5.88. The molecule has 4 rings (SSSR count). The standard InChI is InChI=1S/C22H26FN3O/c23-20-7-3-4-17(14-20)8-9-25-21(27)22(26-12-10-24-11-13-26)15-18-5-1-2-6-19(18)16-22/h1-7,14,24H,8-13,15-16H2,(H,25,27). The second kappa shape index (κ2) is 7.79. The number of nitrogens with zero attached hydrogens (tertiary/aromatic N) is 1. The molecule has 0 saturated carbocycles. The van der Waals surface area contributed by atoms with E-state index >= 15 is 0 Å². The van der Waals surface area contributed by atoms with E-state index in [2.05, 4.69) is 39.8 Å². The number of nitrogens with one attached hydrogen (secondary N) is 2. The van der Waals surface area contributed by atoms with Gasteiger partial charge < -0.3 is 10.6 Å². The Morgan fingerprint density at radius 1 is 1.07 bits per heavy atom. The van der Waals surface area contributed by atoms with Crippen LogP contribution in [0.25, 0.3) is 0 Å². The fourth-order valence-corrected chi connectivity index (χ4v) is 4.39. The summed E-state index contributed by atoms with van der Waals surface area (Å²) in [7, 11) is 0. The molecule has 27 heavy (non-hydrogen) atoms. The summed E-state index contributed by atoms with van der Waals surface area (Å²) in [4.78, 5) is 15.7. The Bertz CT molecular complexity index is 792. The maximum absolute atomic E-state index is 13.4. The highest BCUT2D eigenvalue weighted by atomic mass is 19.1. The molecular formula is C22H26FN3O. The molecule has 1 aliphatic carbocycles. The van der Waals surface area contributed by atoms with Gasteiger partial charge in [-0.3, -0.25) is 9.69 Å². The van der Waals surface area contributed by atoms with Gasteiger partial charge in [0.25, 0.3) is 0 Å². The molecule has 0 spiro atoms. The number of rotatable bonds is 5. The summed E-state index contributed by atoms with van der Waals surface area (Å²) in [5, 5.41) is 6.52. The molecule has 0 bridgehead atoms. The lowest BCUT2D eigenvalue weighted by atomic mass is 9.91. The van der Waals surface area contributed by atoms with Gasteiger partial charge in [-0.2, -0.15) is 0 Å². The maximum atomic E-state index is 13.4. The molecular weight excluding hydrogens is 341 g/mol. The highest BCUT2D eigenvalue weighted by Gasteiger charge is 2.48. The van der Waals surface area contributed by atoms with Gasteiger partial charge in [0.05, 0.1) is 0 Å². The van der Waals surface area contributed by atoms with Crippen LogP contribution in [0.15, 0.2) is 48.5 Å². The van der Waals surface area contributed by atoms with Crippen LogP contribution in [0, 0.1) is 5.82 Å². The lowest BCUT2D eigenvalue weighted by Gasteiger charge is -2.42. The predicted molar refractivity (Wildman–Crippen MR) is 104 cm³/mol. The quantitative estimate of drug-likeness (QED) is 0.849. The molecule has 0 aromatic heterocycles. The van der Waals surface area contributed by atoms with Crippen molar-refractivity contribution in [3.8, 4) is 0 Å². The number of hydrogen-bond donors (Lipinski definition) is 2. The molecule has 1 amide bonds. The number of halogens is 1. The van der Waals surface area contributed by atoms with E-state index < -0.39 is 5.54 Å². The second-order valence-corrected chi connectivity index (χ2v) is 7.53. The number of hydrogen-bond acceptors (Lipinski definition) is 3. The Hall–Kier alpha value is -2.24. The van der Waals surface area contributed by atoms with Crippen LogP contribution >= 0.6 is 0 Å². The zero-order valence-corrected chi connectivity index (χ0v) is 15.5. The van der Waals surface area contributed by atoms with Gasteiger partial charge in [0.15, 0.2) is 0 Å². The van der Waals surface area contributed by atoms with Crippen molar-refractivity contribution in [1.29, 1.82) is 0 Å². The van der Waals surface area contributed by atoms with E-state index in [0.717, 1.165) is 44.6 Å². The Morgan fingerprint density at radius 2 is 1.78 bits per heavy atom. The topological polar surface area (TPSA) is 44.4 Å². The molecule has 1 fully saturated rings. The van der Waals surface area contributed by atoms with Crippen LogP contribution in [-0.2, 0) is 24.1 Å². The van der Waals surface area contributed by atoms with E-state index in [1.807, 2.05) is 6.07 Å². The molecule has 0 atom stereocenters. The van der Waals surface area contributed by atoms with Crippen LogP contribution in [0.2, 0.25) is 0 Å². The van der Waals surface area contributed by atoms with Crippen molar-refractivity contribution in [3.63, 3.8) is 0 Å². The van der Waals surface area contributed by atoms with Gasteiger partial charge >= 0.3 is 0 Å². The van der Waals surface area contributed by atoms with Crippen LogP contribution in [0.4, 0.5) is 4.39 Å². The van der Waals surface area contributed by atoms with Gasteiger partial charge in [-0.25, -0.2) is 4.39 Å². The normalized spacial score (nSPS) is 18.9. The molecule has 1 heterocycles. The van der Waals surface area contributed by atoms with Crippen molar-refractivity contribution in [2.24, 2.45) is 0 Å². The third-order valence-corrected chi connectivity index (χ3v) is 5.82. The van der Waals surface area contributed by atoms with E-state index in [-0.39, 0.29) is 11.7 Å². The largest absolute Gasteiger partial charge is 0.354 e. The van der Waals surface area contributed by atoms with E-state index in [0.29, 0.717) is 13.0 Å². The average molecular weight is 367 g/mol. The van der Waals surface area contributed by atoms with Crippen molar-refractivity contribution in [2.75, 3.05) is 32.7 Å². The van der Waals surface area contributed by atoms with E-state index in [9.17, 15) is 9.18 Å². The summed E-state index contributed by atoms with van der Waals surface area (Å²) < 4.78 is 13.4. The van der Waals surface area contributed by atoms with Crippen molar-refractivity contribution in [1.82, 2.24) is 15.5 Å². The summed E-state index contributed by atoms with van der Waals surface area (Å²) in [6.07, 6.45) is 2.15. The summed E-state index contributed by atoms with van der Waals surface area (Å²) >= 11 is 0. The van der Waals surface area contributed by atoms with Gasteiger partial charge in [0, 0.05) is 45.6 Å². The molecule has 4 nitrogen and oxygen atoms in total. The van der Waals surface area contributed by atoms with Gasteiger partial charge in [0.2, 0.25) is 5.91 Å². The number of fused-ring (bicyclic) bond motifs is 1. The van der Waals surface area contributed by atoms with Gasteiger partial charge in [-0.15, -0.1) is 0 Å². The van der Waals surface area contributed by atoms with Crippen molar-refractivity contribution in [2.45, 2.75) is 24.8 Å². The zero-order valence-electron chi connectivity index (χ0n) is 15.5. The third kappa shape index (κ3) is 3.75.